The molecule has 1 unspecified atom stereocenters. The summed E-state index contributed by atoms with van der Waals surface area (Å²) in [5, 5.41) is 0. The van der Waals surface area contributed by atoms with Gasteiger partial charge >= 0.3 is 13.6 Å². The zero-order chi connectivity index (χ0) is 15.8. The summed E-state index contributed by atoms with van der Waals surface area (Å²) in [5.41, 5.74) is -2.08. The fraction of sp³-hybridized carbons (Fsp3) is 0.929. The van der Waals surface area contributed by atoms with Crippen LogP contribution < -0.4 is 0 Å². The van der Waals surface area contributed by atoms with Gasteiger partial charge in [0.15, 0.2) is 0 Å². The molecule has 5 nitrogen and oxygen atoms in total. The predicted octanol–water partition coefficient (Wildman–Crippen LogP) is 3.48. The Morgan fingerprint density at radius 3 is 1.90 bits per heavy atom. The lowest BCUT2D eigenvalue weighted by Gasteiger charge is -2.37. The molecule has 0 rings (SSSR count). The molecular weight excluding hydrogens is 279 g/mol. The Morgan fingerprint density at radius 1 is 1.15 bits per heavy atom. The van der Waals surface area contributed by atoms with Crippen LogP contribution in [-0.2, 0) is 14.1 Å². The fourth-order valence-electron chi connectivity index (χ4n) is 2.50. The van der Waals surface area contributed by atoms with Gasteiger partial charge in [0.1, 0.15) is 0 Å². The smallest absolute Gasteiger partial charge is 0.329 e. The molecule has 0 radical (unpaired) electrons. The van der Waals surface area contributed by atoms with Crippen molar-refractivity contribution in [3.05, 3.63) is 0 Å². The number of rotatable bonds is 10. The highest BCUT2D eigenvalue weighted by molar-refractivity contribution is 7.52. The van der Waals surface area contributed by atoms with Crippen molar-refractivity contribution in [1.29, 1.82) is 0 Å². The van der Waals surface area contributed by atoms with Crippen LogP contribution in [0.4, 0.5) is 0 Å². The molecule has 0 aliphatic rings. The average Bonchev–Trinajstić information content (AvgIpc) is 2.38. The minimum atomic E-state index is -4.34. The van der Waals surface area contributed by atoms with E-state index in [2.05, 4.69) is 0 Å². The molecule has 0 spiro atoms. The first-order valence-electron chi connectivity index (χ1n) is 7.48. The SMILES string of the molecule is CCCCC(CCCC)(C(=O)OCC)C(C)P(=O)(O)O. The molecule has 0 saturated heterocycles. The van der Waals surface area contributed by atoms with Crippen molar-refractivity contribution in [2.24, 2.45) is 5.41 Å². The molecule has 0 heterocycles. The first-order chi connectivity index (χ1) is 9.26. The van der Waals surface area contributed by atoms with Crippen LogP contribution in [0.25, 0.3) is 0 Å². The van der Waals surface area contributed by atoms with Gasteiger partial charge in [0.25, 0.3) is 0 Å². The van der Waals surface area contributed by atoms with Crippen LogP contribution >= 0.6 is 7.60 Å². The Hall–Kier alpha value is -0.380. The minimum absolute atomic E-state index is 0.229. The van der Waals surface area contributed by atoms with Crippen molar-refractivity contribution in [2.45, 2.75) is 71.9 Å². The molecule has 120 valence electrons. The lowest BCUT2D eigenvalue weighted by atomic mass is 9.75. The molecule has 0 amide bonds. The van der Waals surface area contributed by atoms with E-state index in [4.69, 9.17) is 4.74 Å². The summed E-state index contributed by atoms with van der Waals surface area (Å²) in [5.74, 6) is -0.460. The molecule has 0 aromatic carbocycles. The third-order valence-corrected chi connectivity index (χ3v) is 5.44. The monoisotopic (exact) mass is 308 g/mol. The summed E-state index contributed by atoms with van der Waals surface area (Å²) >= 11 is 0. The second kappa shape index (κ2) is 8.81. The van der Waals surface area contributed by atoms with E-state index >= 15 is 0 Å². The number of carbonyl (C=O) groups is 1. The van der Waals surface area contributed by atoms with E-state index in [1.807, 2.05) is 13.8 Å². The minimum Gasteiger partial charge on any atom is -0.466 e. The van der Waals surface area contributed by atoms with Crippen LogP contribution in [0, 0.1) is 5.41 Å². The Bertz CT molecular complexity index is 328. The molecule has 1 atom stereocenters. The fourth-order valence-corrected chi connectivity index (χ4v) is 3.51. The van der Waals surface area contributed by atoms with Crippen LogP contribution in [0.1, 0.15) is 66.2 Å². The highest BCUT2D eigenvalue weighted by Gasteiger charge is 2.50. The van der Waals surface area contributed by atoms with E-state index in [1.165, 1.54) is 6.92 Å². The summed E-state index contributed by atoms with van der Waals surface area (Å²) in [7, 11) is -4.34. The van der Waals surface area contributed by atoms with E-state index in [1.54, 1.807) is 6.92 Å². The maximum Gasteiger partial charge on any atom is 0.329 e. The van der Waals surface area contributed by atoms with Crippen LogP contribution in [0.3, 0.4) is 0 Å². The lowest BCUT2D eigenvalue weighted by molar-refractivity contribution is -0.157. The van der Waals surface area contributed by atoms with Crippen molar-refractivity contribution in [2.75, 3.05) is 6.61 Å². The first-order valence-corrected chi connectivity index (χ1v) is 9.16. The third kappa shape index (κ3) is 5.19. The highest BCUT2D eigenvalue weighted by atomic mass is 31.2. The average molecular weight is 308 g/mol. The maximum absolute atomic E-state index is 12.4. The van der Waals surface area contributed by atoms with Crippen LogP contribution in [-0.4, -0.2) is 28.0 Å². The largest absolute Gasteiger partial charge is 0.466 e. The Labute approximate surface area is 122 Å². The van der Waals surface area contributed by atoms with Gasteiger partial charge in [0, 0.05) is 0 Å². The molecule has 0 aromatic heterocycles. The molecule has 2 N–H and O–H groups in total. The van der Waals surface area contributed by atoms with E-state index < -0.39 is 24.6 Å². The highest BCUT2D eigenvalue weighted by Crippen LogP contribution is 2.54. The molecule has 0 aliphatic heterocycles. The van der Waals surface area contributed by atoms with Crippen molar-refractivity contribution in [1.82, 2.24) is 0 Å². The summed E-state index contributed by atoms with van der Waals surface area (Å²) in [4.78, 5) is 31.5. The number of hydrogen-bond donors (Lipinski definition) is 2. The Balaban J connectivity index is 5.50. The number of esters is 1. The van der Waals surface area contributed by atoms with Gasteiger partial charge in [0.2, 0.25) is 0 Å². The summed E-state index contributed by atoms with van der Waals surface area (Å²) in [6.45, 7) is 7.41. The van der Waals surface area contributed by atoms with Gasteiger partial charge in [-0.05, 0) is 26.7 Å². The number of hydrogen-bond acceptors (Lipinski definition) is 3. The molecule has 0 fully saturated rings. The third-order valence-electron chi connectivity index (χ3n) is 3.94. The van der Waals surface area contributed by atoms with Gasteiger partial charge in [-0.2, -0.15) is 0 Å². The van der Waals surface area contributed by atoms with E-state index in [9.17, 15) is 19.1 Å². The Morgan fingerprint density at radius 2 is 1.60 bits per heavy atom. The summed E-state index contributed by atoms with van der Waals surface area (Å²) in [6.07, 6.45) is 4.20. The zero-order valence-electron chi connectivity index (χ0n) is 13.1. The number of carbonyl (C=O) groups excluding carboxylic acids is 1. The van der Waals surface area contributed by atoms with Gasteiger partial charge in [-0.1, -0.05) is 39.5 Å². The van der Waals surface area contributed by atoms with Gasteiger partial charge < -0.3 is 14.5 Å². The number of ether oxygens (including phenoxy) is 1. The maximum atomic E-state index is 12.4. The van der Waals surface area contributed by atoms with Crippen LogP contribution in [0.15, 0.2) is 0 Å². The predicted molar refractivity (Wildman–Crippen MR) is 79.6 cm³/mol. The molecular formula is C14H29O5P. The topological polar surface area (TPSA) is 83.8 Å². The summed E-state index contributed by atoms with van der Waals surface area (Å²) < 4.78 is 16.8. The second-order valence-corrected chi connectivity index (χ2v) is 7.30. The van der Waals surface area contributed by atoms with Crippen molar-refractivity contribution in [3.8, 4) is 0 Å². The van der Waals surface area contributed by atoms with Gasteiger partial charge in [-0.15, -0.1) is 0 Å². The number of unbranched alkanes of at least 4 members (excludes halogenated alkanes) is 2. The van der Waals surface area contributed by atoms with Crippen molar-refractivity contribution >= 4 is 13.6 Å². The molecule has 0 aromatic rings. The van der Waals surface area contributed by atoms with Crippen molar-refractivity contribution in [3.63, 3.8) is 0 Å². The summed E-state index contributed by atoms with van der Waals surface area (Å²) in [6, 6.07) is 0. The van der Waals surface area contributed by atoms with Gasteiger partial charge in [-0.3, -0.25) is 9.36 Å². The lowest BCUT2D eigenvalue weighted by Crippen LogP contribution is -2.42. The molecule has 0 saturated carbocycles. The van der Waals surface area contributed by atoms with Gasteiger partial charge in [0.05, 0.1) is 17.7 Å². The molecule has 20 heavy (non-hydrogen) atoms. The molecule has 0 aliphatic carbocycles. The van der Waals surface area contributed by atoms with E-state index in [-0.39, 0.29) is 6.61 Å². The first kappa shape index (κ1) is 19.6. The van der Waals surface area contributed by atoms with E-state index in [0.29, 0.717) is 12.8 Å². The van der Waals surface area contributed by atoms with Gasteiger partial charge in [-0.25, -0.2) is 0 Å². The molecule has 0 bridgehead atoms. The van der Waals surface area contributed by atoms with Crippen molar-refractivity contribution < 1.29 is 23.9 Å². The normalized spacial score (nSPS) is 14.1. The Kier molecular flexibility index (Phi) is 8.64. The second-order valence-electron chi connectivity index (χ2n) is 5.35. The van der Waals surface area contributed by atoms with Crippen LogP contribution in [0.5, 0.6) is 0 Å². The quantitative estimate of drug-likeness (QED) is 0.477. The zero-order valence-corrected chi connectivity index (χ0v) is 14.0. The molecule has 6 heteroatoms. The van der Waals surface area contributed by atoms with E-state index in [0.717, 1.165) is 25.7 Å². The van der Waals surface area contributed by atoms with Crippen LogP contribution in [0.2, 0.25) is 0 Å². The standard InChI is InChI=1S/C14H29O5P/c1-5-8-10-14(11-9-6-2,13(15)19-7-3)12(4)20(16,17)18/h12H,5-11H2,1-4H3,(H2,16,17,18).